The van der Waals surface area contributed by atoms with Gasteiger partial charge in [0.2, 0.25) is 5.91 Å². The minimum absolute atomic E-state index is 0. The number of halogens is 1. The van der Waals surface area contributed by atoms with Gasteiger partial charge in [0.1, 0.15) is 5.60 Å². The van der Waals surface area contributed by atoms with Crippen LogP contribution < -0.4 is 5.73 Å². The van der Waals surface area contributed by atoms with Crippen LogP contribution >= 0.6 is 12.4 Å². The van der Waals surface area contributed by atoms with E-state index in [4.69, 9.17) is 15.5 Å². The summed E-state index contributed by atoms with van der Waals surface area (Å²) in [4.78, 5) is 24.5. The number of benzene rings is 1. The van der Waals surface area contributed by atoms with Gasteiger partial charge in [0.05, 0.1) is 12.3 Å². The van der Waals surface area contributed by atoms with Crippen molar-refractivity contribution in [2.75, 3.05) is 19.7 Å². The van der Waals surface area contributed by atoms with E-state index in [1.807, 2.05) is 41.4 Å². The van der Waals surface area contributed by atoms with Gasteiger partial charge in [-0.1, -0.05) is 30.3 Å². The molecule has 1 amide bonds. The summed E-state index contributed by atoms with van der Waals surface area (Å²) in [6.45, 7) is 2.12. The molecule has 3 aliphatic rings. The van der Waals surface area contributed by atoms with Gasteiger partial charge in [0, 0.05) is 36.8 Å². The first kappa shape index (κ1) is 21.2. The van der Waals surface area contributed by atoms with Crippen molar-refractivity contribution in [1.82, 2.24) is 14.9 Å². The van der Waals surface area contributed by atoms with E-state index >= 15 is 0 Å². The van der Waals surface area contributed by atoms with Crippen molar-refractivity contribution in [3.8, 4) is 11.4 Å². The molecule has 2 fully saturated rings. The second kappa shape index (κ2) is 8.61. The highest BCUT2D eigenvalue weighted by molar-refractivity contribution is 5.85. The molecule has 0 bridgehead atoms. The predicted molar refractivity (Wildman–Crippen MR) is 117 cm³/mol. The zero-order valence-electron chi connectivity index (χ0n) is 17.1. The number of likely N-dealkylation sites (tertiary alicyclic amines) is 1. The number of ether oxygens (including phenoxy) is 1. The molecule has 30 heavy (non-hydrogen) atoms. The van der Waals surface area contributed by atoms with Gasteiger partial charge in [-0.15, -0.1) is 12.4 Å². The lowest BCUT2D eigenvalue weighted by Gasteiger charge is -2.44. The average molecular weight is 429 g/mol. The first-order valence-corrected chi connectivity index (χ1v) is 10.7. The molecule has 7 heteroatoms. The Balaban J connectivity index is 0.00000218. The third kappa shape index (κ3) is 3.84. The summed E-state index contributed by atoms with van der Waals surface area (Å²) in [5, 5.41) is 0. The highest BCUT2D eigenvalue weighted by Crippen LogP contribution is 2.41. The van der Waals surface area contributed by atoms with Gasteiger partial charge in [-0.2, -0.15) is 0 Å². The number of hydrogen-bond donors (Lipinski definition) is 1. The third-order valence-electron chi connectivity index (χ3n) is 6.78. The summed E-state index contributed by atoms with van der Waals surface area (Å²) in [5.41, 5.74) is 8.83. The molecule has 3 heterocycles. The Hall–Kier alpha value is -2.02. The van der Waals surface area contributed by atoms with Crippen molar-refractivity contribution >= 4 is 18.3 Å². The molecule has 2 aromatic rings. The average Bonchev–Trinajstić information content (AvgIpc) is 3.21. The van der Waals surface area contributed by atoms with Gasteiger partial charge in [0.25, 0.3) is 0 Å². The summed E-state index contributed by atoms with van der Waals surface area (Å²) in [5.74, 6) is 1.12. The fourth-order valence-corrected chi connectivity index (χ4v) is 5.10. The fraction of sp³-hybridized carbons (Fsp3) is 0.522. The Bertz CT molecular complexity index is 899. The Morgan fingerprint density at radius 1 is 1.17 bits per heavy atom. The Kier molecular flexibility index (Phi) is 6.09. The van der Waals surface area contributed by atoms with Gasteiger partial charge < -0.3 is 15.4 Å². The van der Waals surface area contributed by atoms with Crippen LogP contribution in [0, 0.1) is 5.92 Å². The summed E-state index contributed by atoms with van der Waals surface area (Å²) in [6.07, 6.45) is 7.10. The molecule has 1 saturated carbocycles. The van der Waals surface area contributed by atoms with Crippen molar-refractivity contribution < 1.29 is 9.53 Å². The normalized spacial score (nSPS) is 24.9. The van der Waals surface area contributed by atoms with E-state index in [2.05, 4.69) is 4.98 Å². The highest BCUT2D eigenvalue weighted by atomic mass is 35.5. The number of hydrogen-bond acceptors (Lipinski definition) is 5. The maximum Gasteiger partial charge on any atom is 0.225 e. The van der Waals surface area contributed by atoms with Crippen molar-refractivity contribution in [3.05, 3.63) is 47.8 Å². The number of carbonyl (C=O) groups is 1. The molecule has 1 spiro atoms. The van der Waals surface area contributed by atoms with Crippen molar-refractivity contribution in [3.63, 3.8) is 0 Å². The number of rotatable bonds is 2. The molecule has 2 atom stereocenters. The van der Waals surface area contributed by atoms with Gasteiger partial charge in [-0.05, 0) is 44.1 Å². The van der Waals surface area contributed by atoms with Crippen LogP contribution in [0.2, 0.25) is 0 Å². The lowest BCUT2D eigenvalue weighted by molar-refractivity contribution is -0.145. The van der Waals surface area contributed by atoms with Crippen molar-refractivity contribution in [1.29, 1.82) is 0 Å². The summed E-state index contributed by atoms with van der Waals surface area (Å²) in [6, 6.07) is 10.3. The monoisotopic (exact) mass is 428 g/mol. The number of nitrogens with two attached hydrogens (primary N) is 1. The quantitative estimate of drug-likeness (QED) is 0.794. The molecule has 5 rings (SSSR count). The van der Waals surface area contributed by atoms with E-state index in [1.165, 1.54) is 5.56 Å². The van der Waals surface area contributed by atoms with Crippen LogP contribution in [-0.4, -0.2) is 46.5 Å². The predicted octanol–water partition coefficient (Wildman–Crippen LogP) is 3.08. The van der Waals surface area contributed by atoms with Crippen LogP contribution in [0.15, 0.2) is 36.5 Å². The van der Waals surface area contributed by atoms with Gasteiger partial charge in [-0.3, -0.25) is 4.79 Å². The van der Waals surface area contributed by atoms with E-state index in [0.29, 0.717) is 19.7 Å². The maximum absolute atomic E-state index is 12.9. The molecule has 2 aliphatic heterocycles. The van der Waals surface area contributed by atoms with Gasteiger partial charge in [0.15, 0.2) is 5.82 Å². The minimum Gasteiger partial charge on any atom is -0.368 e. The van der Waals surface area contributed by atoms with Crippen LogP contribution in [-0.2, 0) is 21.6 Å². The minimum atomic E-state index is -0.400. The summed E-state index contributed by atoms with van der Waals surface area (Å²) >= 11 is 0. The smallest absolute Gasteiger partial charge is 0.225 e. The number of carbonyl (C=O) groups excluding carboxylic acids is 1. The number of nitrogens with zero attached hydrogens (tertiary/aromatic N) is 3. The first-order chi connectivity index (χ1) is 14.1. The maximum atomic E-state index is 12.9. The van der Waals surface area contributed by atoms with Crippen molar-refractivity contribution in [2.45, 2.75) is 50.2 Å². The van der Waals surface area contributed by atoms with E-state index in [9.17, 15) is 4.79 Å². The lowest BCUT2D eigenvalue weighted by Crippen LogP contribution is -2.50. The highest BCUT2D eigenvalue weighted by Gasteiger charge is 2.44. The second-order valence-corrected chi connectivity index (χ2v) is 8.62. The summed E-state index contributed by atoms with van der Waals surface area (Å²) < 4.78 is 6.35. The summed E-state index contributed by atoms with van der Waals surface area (Å²) in [7, 11) is 0. The molecule has 6 nitrogen and oxygen atoms in total. The largest absolute Gasteiger partial charge is 0.368 e. The number of piperidine rings is 1. The molecular weight excluding hydrogens is 400 g/mol. The van der Waals surface area contributed by atoms with Crippen LogP contribution in [0.5, 0.6) is 0 Å². The van der Waals surface area contributed by atoms with Crippen LogP contribution in [0.25, 0.3) is 11.4 Å². The first-order valence-electron chi connectivity index (χ1n) is 10.7. The molecule has 1 aromatic carbocycles. The third-order valence-corrected chi connectivity index (χ3v) is 6.78. The van der Waals surface area contributed by atoms with Gasteiger partial charge in [-0.25, -0.2) is 9.97 Å². The van der Waals surface area contributed by atoms with Crippen LogP contribution in [0.1, 0.15) is 43.4 Å². The topological polar surface area (TPSA) is 81.3 Å². The van der Waals surface area contributed by atoms with Crippen LogP contribution in [0.4, 0.5) is 0 Å². The molecular formula is C23H29ClN4O2. The molecule has 2 N–H and O–H groups in total. The zero-order valence-corrected chi connectivity index (χ0v) is 17.9. The van der Waals surface area contributed by atoms with E-state index in [0.717, 1.165) is 55.6 Å². The standard InChI is InChI=1S/C23H28N4O2.ClH/c24-19-7-6-17(14-19)22(28)27-11-9-23(10-12-27)20-18(8-13-29-23)15-25-21(26-20)16-4-2-1-3-5-16;/h1-5,15,17,19H,6-14,24H2;1H/t17-,19+;/m1./s1. The zero-order chi connectivity index (χ0) is 19.8. The molecule has 1 aromatic heterocycles. The Morgan fingerprint density at radius 3 is 2.63 bits per heavy atom. The number of amides is 1. The molecule has 160 valence electrons. The Labute approximate surface area is 183 Å². The Morgan fingerprint density at radius 2 is 1.93 bits per heavy atom. The number of aromatic nitrogens is 2. The van der Waals surface area contributed by atoms with E-state index < -0.39 is 5.60 Å². The number of fused-ring (bicyclic) bond motifs is 2. The molecule has 1 aliphatic carbocycles. The SMILES string of the molecule is Cl.N[C@H]1CC[C@@H](C(=O)N2CCC3(CC2)OCCc2cnc(-c4ccccc4)nc23)C1. The molecule has 0 unspecified atom stereocenters. The van der Waals surface area contributed by atoms with E-state index in [-0.39, 0.29) is 30.3 Å². The van der Waals surface area contributed by atoms with Crippen molar-refractivity contribution in [2.24, 2.45) is 11.7 Å². The molecule has 1 saturated heterocycles. The lowest BCUT2D eigenvalue weighted by atomic mass is 9.82. The van der Waals surface area contributed by atoms with E-state index in [1.54, 1.807) is 0 Å². The van der Waals surface area contributed by atoms with Gasteiger partial charge >= 0.3 is 0 Å². The fourth-order valence-electron chi connectivity index (χ4n) is 5.10. The molecule has 0 radical (unpaired) electrons. The second-order valence-electron chi connectivity index (χ2n) is 8.62. The van der Waals surface area contributed by atoms with Crippen LogP contribution in [0.3, 0.4) is 0 Å².